The monoisotopic (exact) mass is 217 g/mol. The fraction of sp³-hybridized carbons (Fsp3) is 0.250. The average molecular weight is 217 g/mol. The standard InChI is InChI=1S/C8H10O5S/c1-13-7-5-3-2-4-6(7)8(9)14(10,11)12/h2-5,8-9H,1H3,(H,10,11,12)/p-1. The third-order valence-electron chi connectivity index (χ3n) is 1.68. The summed E-state index contributed by atoms with van der Waals surface area (Å²) in [5.74, 6) is 0.166. The van der Waals surface area contributed by atoms with E-state index in [-0.39, 0.29) is 11.3 Å². The van der Waals surface area contributed by atoms with Crippen molar-refractivity contribution in [2.24, 2.45) is 0 Å². The number of aliphatic hydroxyl groups excluding tert-OH is 1. The first-order valence-corrected chi connectivity index (χ1v) is 5.19. The van der Waals surface area contributed by atoms with Crippen molar-refractivity contribution in [3.63, 3.8) is 0 Å². The molecule has 0 bridgehead atoms. The summed E-state index contributed by atoms with van der Waals surface area (Å²) < 4.78 is 36.4. The number of hydrogen-bond donors (Lipinski definition) is 1. The van der Waals surface area contributed by atoms with Gasteiger partial charge in [-0.1, -0.05) is 18.2 Å². The molecule has 0 fully saturated rings. The van der Waals surface area contributed by atoms with Crippen molar-refractivity contribution in [2.45, 2.75) is 5.44 Å². The second kappa shape index (κ2) is 3.95. The first kappa shape index (κ1) is 11.0. The highest BCUT2D eigenvalue weighted by atomic mass is 32.2. The van der Waals surface area contributed by atoms with E-state index in [4.69, 9.17) is 4.74 Å². The van der Waals surface area contributed by atoms with E-state index in [9.17, 15) is 18.1 Å². The SMILES string of the molecule is COc1ccccc1C(O)S(=O)(=O)[O-]. The molecule has 0 heterocycles. The summed E-state index contributed by atoms with van der Waals surface area (Å²) in [6, 6.07) is 5.89. The lowest BCUT2D eigenvalue weighted by atomic mass is 10.2. The van der Waals surface area contributed by atoms with Crippen LogP contribution >= 0.6 is 0 Å². The van der Waals surface area contributed by atoms with Gasteiger partial charge in [0, 0.05) is 5.56 Å². The molecular weight excluding hydrogens is 208 g/mol. The Bertz CT molecular complexity index is 411. The number of rotatable bonds is 3. The van der Waals surface area contributed by atoms with Gasteiger partial charge in [-0.05, 0) is 6.07 Å². The van der Waals surface area contributed by atoms with Crippen LogP contribution < -0.4 is 4.74 Å². The summed E-state index contributed by atoms with van der Waals surface area (Å²) in [6.45, 7) is 0. The molecule has 0 aliphatic rings. The summed E-state index contributed by atoms with van der Waals surface area (Å²) in [5, 5.41) is 9.19. The van der Waals surface area contributed by atoms with Crippen LogP contribution in [0.3, 0.4) is 0 Å². The van der Waals surface area contributed by atoms with Crippen LogP contribution in [0.15, 0.2) is 24.3 Å². The predicted molar refractivity (Wildman–Crippen MR) is 47.7 cm³/mol. The van der Waals surface area contributed by atoms with Crippen molar-refractivity contribution in [1.82, 2.24) is 0 Å². The van der Waals surface area contributed by atoms with Gasteiger partial charge in [-0.2, -0.15) is 0 Å². The van der Waals surface area contributed by atoms with Crippen LogP contribution in [0.25, 0.3) is 0 Å². The lowest BCUT2D eigenvalue weighted by Gasteiger charge is -2.17. The first-order chi connectivity index (χ1) is 6.46. The van der Waals surface area contributed by atoms with Crippen LogP contribution in [0.5, 0.6) is 5.75 Å². The maximum absolute atomic E-state index is 10.5. The van der Waals surface area contributed by atoms with Gasteiger partial charge in [0.1, 0.15) is 15.9 Å². The fourth-order valence-corrected chi connectivity index (χ4v) is 1.53. The molecule has 6 heteroatoms. The Morgan fingerprint density at radius 2 is 2.00 bits per heavy atom. The van der Waals surface area contributed by atoms with E-state index in [0.29, 0.717) is 0 Å². The van der Waals surface area contributed by atoms with Crippen LogP contribution in [0.1, 0.15) is 11.0 Å². The summed E-state index contributed by atoms with van der Waals surface area (Å²) in [7, 11) is -3.44. The molecule has 0 amide bonds. The molecule has 1 rings (SSSR count). The summed E-state index contributed by atoms with van der Waals surface area (Å²) in [4.78, 5) is 0. The zero-order valence-corrected chi connectivity index (χ0v) is 8.19. The Morgan fingerprint density at radius 3 is 2.50 bits per heavy atom. The van der Waals surface area contributed by atoms with Crippen LogP contribution in [0.2, 0.25) is 0 Å². The van der Waals surface area contributed by atoms with Crippen LogP contribution in [0.4, 0.5) is 0 Å². The molecule has 1 aromatic rings. The van der Waals surface area contributed by atoms with Crippen molar-refractivity contribution in [3.05, 3.63) is 29.8 Å². The van der Waals surface area contributed by atoms with Crippen LogP contribution in [-0.2, 0) is 10.1 Å². The molecule has 0 aromatic heterocycles. The predicted octanol–water partition coefficient (Wildman–Crippen LogP) is 0.231. The molecule has 0 saturated carbocycles. The van der Waals surface area contributed by atoms with E-state index >= 15 is 0 Å². The maximum atomic E-state index is 10.5. The van der Waals surface area contributed by atoms with Gasteiger partial charge in [0.05, 0.1) is 7.11 Å². The summed E-state index contributed by atoms with van der Waals surface area (Å²) >= 11 is 0. The van der Waals surface area contributed by atoms with E-state index < -0.39 is 15.6 Å². The van der Waals surface area contributed by atoms with Crippen molar-refractivity contribution in [1.29, 1.82) is 0 Å². The molecule has 0 saturated heterocycles. The van der Waals surface area contributed by atoms with Crippen molar-refractivity contribution in [3.8, 4) is 5.75 Å². The molecule has 0 aliphatic heterocycles. The molecule has 14 heavy (non-hydrogen) atoms. The highest BCUT2D eigenvalue weighted by molar-refractivity contribution is 7.85. The molecule has 5 nitrogen and oxygen atoms in total. The number of benzene rings is 1. The fourth-order valence-electron chi connectivity index (χ4n) is 1.03. The zero-order valence-electron chi connectivity index (χ0n) is 7.38. The quantitative estimate of drug-likeness (QED) is 0.732. The van der Waals surface area contributed by atoms with Gasteiger partial charge in [-0.3, -0.25) is 0 Å². The lowest BCUT2D eigenvalue weighted by molar-refractivity contribution is 0.230. The number of methoxy groups -OCH3 is 1. The molecule has 1 aromatic carbocycles. The summed E-state index contributed by atoms with van der Waals surface area (Å²) in [6.07, 6.45) is 0. The maximum Gasteiger partial charge on any atom is 0.172 e. The Labute approximate surface area is 81.7 Å². The van der Waals surface area contributed by atoms with E-state index in [1.807, 2.05) is 0 Å². The molecule has 78 valence electrons. The van der Waals surface area contributed by atoms with Crippen molar-refractivity contribution in [2.75, 3.05) is 7.11 Å². The number of ether oxygens (including phenoxy) is 1. The van der Waals surface area contributed by atoms with Gasteiger partial charge in [0.15, 0.2) is 5.44 Å². The van der Waals surface area contributed by atoms with Gasteiger partial charge in [0.2, 0.25) is 0 Å². The minimum absolute atomic E-state index is 0.0509. The molecule has 1 atom stereocenters. The van der Waals surface area contributed by atoms with Crippen LogP contribution in [-0.4, -0.2) is 25.2 Å². The lowest BCUT2D eigenvalue weighted by Crippen LogP contribution is -2.12. The number of aliphatic hydroxyl groups is 1. The minimum atomic E-state index is -4.76. The second-order valence-corrected chi connectivity index (χ2v) is 4.02. The summed E-state index contributed by atoms with van der Waals surface area (Å²) in [5.41, 5.74) is -2.14. The van der Waals surface area contributed by atoms with E-state index in [2.05, 4.69) is 0 Å². The van der Waals surface area contributed by atoms with E-state index in [0.717, 1.165) is 0 Å². The van der Waals surface area contributed by atoms with E-state index in [1.165, 1.54) is 25.3 Å². The normalized spacial score (nSPS) is 13.6. The Hall–Kier alpha value is -1.11. The Kier molecular flexibility index (Phi) is 3.10. The molecule has 1 unspecified atom stereocenters. The zero-order chi connectivity index (χ0) is 10.8. The van der Waals surface area contributed by atoms with Gasteiger partial charge in [-0.15, -0.1) is 0 Å². The number of hydrogen-bond acceptors (Lipinski definition) is 5. The number of para-hydroxylation sites is 1. The smallest absolute Gasteiger partial charge is 0.172 e. The Morgan fingerprint density at radius 1 is 1.43 bits per heavy atom. The van der Waals surface area contributed by atoms with Gasteiger partial charge in [-0.25, -0.2) is 8.42 Å². The largest absolute Gasteiger partial charge is 0.746 e. The van der Waals surface area contributed by atoms with E-state index in [1.54, 1.807) is 6.07 Å². The highest BCUT2D eigenvalue weighted by Crippen LogP contribution is 2.27. The first-order valence-electron chi connectivity index (χ1n) is 3.72. The second-order valence-electron chi connectivity index (χ2n) is 2.59. The van der Waals surface area contributed by atoms with Crippen molar-refractivity contribution >= 4 is 10.1 Å². The average Bonchev–Trinajstić information content (AvgIpc) is 2.15. The third-order valence-corrected chi connectivity index (χ3v) is 2.48. The Balaban J connectivity index is 3.19. The highest BCUT2D eigenvalue weighted by Gasteiger charge is 2.18. The van der Waals surface area contributed by atoms with Gasteiger partial charge in [0.25, 0.3) is 0 Å². The minimum Gasteiger partial charge on any atom is -0.746 e. The molecular formula is C8H9O5S-. The molecule has 0 aliphatic carbocycles. The molecule has 0 radical (unpaired) electrons. The molecule has 1 N–H and O–H groups in total. The van der Waals surface area contributed by atoms with Crippen molar-refractivity contribution < 1.29 is 22.8 Å². The van der Waals surface area contributed by atoms with Gasteiger partial charge < -0.3 is 14.4 Å². The van der Waals surface area contributed by atoms with Gasteiger partial charge >= 0.3 is 0 Å². The van der Waals surface area contributed by atoms with Crippen LogP contribution in [0, 0.1) is 0 Å². The topological polar surface area (TPSA) is 86.7 Å². The third kappa shape index (κ3) is 2.22. The molecule has 0 spiro atoms.